The summed E-state index contributed by atoms with van der Waals surface area (Å²) in [7, 11) is 0. The predicted molar refractivity (Wildman–Crippen MR) is 56.1 cm³/mol. The van der Waals surface area contributed by atoms with E-state index in [1.807, 2.05) is 0 Å². The van der Waals surface area contributed by atoms with Gasteiger partial charge in [-0.25, -0.2) is 4.79 Å². The lowest BCUT2D eigenvalue weighted by molar-refractivity contribution is 0.273. The van der Waals surface area contributed by atoms with Gasteiger partial charge in [0, 0.05) is 6.07 Å². The number of nitrogens with one attached hydrogen (secondary N) is 1. The van der Waals surface area contributed by atoms with E-state index >= 15 is 0 Å². The largest absolute Gasteiger partial charge is 0.463 e. The molecule has 0 spiro atoms. The zero-order valence-electron chi connectivity index (χ0n) is 8.34. The van der Waals surface area contributed by atoms with Crippen molar-refractivity contribution >= 4 is 0 Å². The number of hydrogen-bond donors (Lipinski definition) is 2. The normalized spacial score (nSPS) is 10.6. The summed E-state index contributed by atoms with van der Waals surface area (Å²) in [5.74, 6) is 0.414. The van der Waals surface area contributed by atoms with Crippen LogP contribution in [0.3, 0.4) is 0 Å². The lowest BCUT2D eigenvalue weighted by Gasteiger charge is -2.07. The summed E-state index contributed by atoms with van der Waals surface area (Å²) in [4.78, 5) is 24.8. The molecule has 2 heterocycles. The first kappa shape index (κ1) is 10.4. The Bertz CT molecular complexity index is 580. The maximum absolute atomic E-state index is 11.5. The smallest absolute Gasteiger partial charge is 0.328 e. The van der Waals surface area contributed by atoms with Gasteiger partial charge in [-0.3, -0.25) is 14.3 Å². The molecule has 0 bridgehead atoms. The number of furan rings is 1. The highest BCUT2D eigenvalue weighted by atomic mass is 16.3. The van der Waals surface area contributed by atoms with E-state index in [0.717, 1.165) is 0 Å². The maximum Gasteiger partial charge on any atom is 0.328 e. The molecule has 16 heavy (non-hydrogen) atoms. The molecule has 2 rings (SSSR count). The summed E-state index contributed by atoms with van der Waals surface area (Å²) in [5.41, 5.74) is -0.702. The summed E-state index contributed by atoms with van der Waals surface area (Å²) in [6, 6.07) is 4.56. The number of hydrogen-bond acceptors (Lipinski definition) is 4. The van der Waals surface area contributed by atoms with E-state index in [9.17, 15) is 9.59 Å². The van der Waals surface area contributed by atoms with Crippen LogP contribution >= 0.6 is 0 Å². The zero-order valence-corrected chi connectivity index (χ0v) is 8.34. The maximum atomic E-state index is 11.5. The van der Waals surface area contributed by atoms with Gasteiger partial charge in [0.25, 0.3) is 5.56 Å². The molecule has 0 aromatic carbocycles. The SMILES string of the molecule is O=c1cc(-c2ccco2)n(CCO)c(=O)[nH]1. The van der Waals surface area contributed by atoms with Crippen LogP contribution in [0.15, 0.2) is 38.5 Å². The van der Waals surface area contributed by atoms with Crippen LogP contribution in [0.2, 0.25) is 0 Å². The highest BCUT2D eigenvalue weighted by molar-refractivity contribution is 5.51. The molecule has 0 aliphatic heterocycles. The molecule has 0 amide bonds. The van der Waals surface area contributed by atoms with E-state index in [4.69, 9.17) is 9.52 Å². The number of aliphatic hydroxyl groups excluding tert-OH is 1. The molecule has 0 aliphatic rings. The third-order valence-corrected chi connectivity index (χ3v) is 2.13. The molecule has 6 heteroatoms. The van der Waals surface area contributed by atoms with Crippen molar-refractivity contribution in [2.24, 2.45) is 0 Å². The van der Waals surface area contributed by atoms with Gasteiger partial charge >= 0.3 is 5.69 Å². The van der Waals surface area contributed by atoms with Crippen molar-refractivity contribution in [2.45, 2.75) is 6.54 Å². The van der Waals surface area contributed by atoms with Crippen LogP contribution in [-0.2, 0) is 6.54 Å². The fourth-order valence-electron chi connectivity index (χ4n) is 1.47. The van der Waals surface area contributed by atoms with Crippen LogP contribution in [0.25, 0.3) is 11.5 Å². The first-order valence-electron chi connectivity index (χ1n) is 4.71. The monoisotopic (exact) mass is 222 g/mol. The van der Waals surface area contributed by atoms with Gasteiger partial charge < -0.3 is 9.52 Å². The Morgan fingerprint density at radius 3 is 2.88 bits per heavy atom. The molecule has 0 saturated heterocycles. The van der Waals surface area contributed by atoms with Crippen molar-refractivity contribution in [1.29, 1.82) is 0 Å². The first-order valence-corrected chi connectivity index (χ1v) is 4.71. The number of aliphatic hydroxyl groups is 1. The summed E-state index contributed by atoms with van der Waals surface area (Å²) in [5, 5.41) is 8.85. The average Bonchev–Trinajstić information content (AvgIpc) is 2.75. The molecule has 0 radical (unpaired) electrons. The van der Waals surface area contributed by atoms with E-state index in [-0.39, 0.29) is 13.2 Å². The molecule has 2 aromatic heterocycles. The summed E-state index contributed by atoms with van der Waals surface area (Å²) in [6.07, 6.45) is 1.45. The first-order chi connectivity index (χ1) is 7.72. The molecule has 84 valence electrons. The van der Waals surface area contributed by atoms with Gasteiger partial charge in [-0.05, 0) is 12.1 Å². The molecular formula is C10H10N2O4. The van der Waals surface area contributed by atoms with Crippen LogP contribution in [0.1, 0.15) is 0 Å². The average molecular weight is 222 g/mol. The number of aromatic amines is 1. The van der Waals surface area contributed by atoms with E-state index in [2.05, 4.69) is 4.98 Å². The third kappa shape index (κ3) is 1.82. The van der Waals surface area contributed by atoms with E-state index in [1.54, 1.807) is 12.1 Å². The fourth-order valence-corrected chi connectivity index (χ4v) is 1.47. The number of aromatic nitrogens is 2. The summed E-state index contributed by atoms with van der Waals surface area (Å²) >= 11 is 0. The van der Waals surface area contributed by atoms with Gasteiger partial charge in [0.2, 0.25) is 0 Å². The lowest BCUT2D eigenvalue weighted by Crippen LogP contribution is -2.31. The van der Waals surface area contributed by atoms with Crippen LogP contribution < -0.4 is 11.2 Å². The van der Waals surface area contributed by atoms with Crippen LogP contribution in [0, 0.1) is 0 Å². The van der Waals surface area contributed by atoms with Crippen molar-refractivity contribution in [3.8, 4) is 11.5 Å². The Hall–Kier alpha value is -2.08. The van der Waals surface area contributed by atoms with Crippen LogP contribution in [0.4, 0.5) is 0 Å². The third-order valence-electron chi connectivity index (χ3n) is 2.13. The van der Waals surface area contributed by atoms with Crippen molar-refractivity contribution in [3.05, 3.63) is 45.3 Å². The second kappa shape index (κ2) is 4.19. The number of H-pyrrole nitrogens is 1. The summed E-state index contributed by atoms with van der Waals surface area (Å²) < 4.78 is 6.37. The second-order valence-electron chi connectivity index (χ2n) is 3.18. The van der Waals surface area contributed by atoms with Gasteiger partial charge in [0.15, 0.2) is 5.76 Å². The quantitative estimate of drug-likeness (QED) is 0.752. The van der Waals surface area contributed by atoms with Gasteiger partial charge in [-0.1, -0.05) is 0 Å². The fraction of sp³-hybridized carbons (Fsp3) is 0.200. The molecule has 6 nitrogen and oxygen atoms in total. The topological polar surface area (TPSA) is 88.2 Å². The van der Waals surface area contributed by atoms with Crippen LogP contribution in [0.5, 0.6) is 0 Å². The Kier molecular flexibility index (Phi) is 2.74. The standard InChI is InChI=1S/C10H10N2O4/c13-4-3-12-7(8-2-1-5-16-8)6-9(14)11-10(12)15/h1-2,5-6,13H,3-4H2,(H,11,14,15). The molecular weight excluding hydrogens is 212 g/mol. The van der Waals surface area contributed by atoms with E-state index < -0.39 is 11.2 Å². The molecule has 0 aliphatic carbocycles. The molecule has 0 atom stereocenters. The Labute approximate surface area is 89.8 Å². The van der Waals surface area contributed by atoms with Gasteiger partial charge in [-0.2, -0.15) is 0 Å². The van der Waals surface area contributed by atoms with Gasteiger partial charge in [0.05, 0.1) is 25.1 Å². The van der Waals surface area contributed by atoms with Crippen molar-refractivity contribution < 1.29 is 9.52 Å². The van der Waals surface area contributed by atoms with E-state index in [0.29, 0.717) is 11.5 Å². The summed E-state index contributed by atoms with van der Waals surface area (Å²) in [6.45, 7) is -0.0920. The predicted octanol–water partition coefficient (Wildman–Crippen LogP) is -0.211. The minimum Gasteiger partial charge on any atom is -0.463 e. The zero-order chi connectivity index (χ0) is 11.5. The number of nitrogens with zero attached hydrogens (tertiary/aromatic N) is 1. The van der Waals surface area contributed by atoms with Gasteiger partial charge in [0.1, 0.15) is 0 Å². The van der Waals surface area contributed by atoms with Gasteiger partial charge in [-0.15, -0.1) is 0 Å². The Morgan fingerprint density at radius 1 is 1.44 bits per heavy atom. The molecule has 0 saturated carbocycles. The van der Waals surface area contributed by atoms with Crippen molar-refractivity contribution in [3.63, 3.8) is 0 Å². The highest BCUT2D eigenvalue weighted by Gasteiger charge is 2.09. The second-order valence-corrected chi connectivity index (χ2v) is 3.18. The Balaban J connectivity index is 2.67. The Morgan fingerprint density at radius 2 is 2.25 bits per heavy atom. The number of rotatable bonds is 3. The highest BCUT2D eigenvalue weighted by Crippen LogP contribution is 2.16. The molecule has 0 unspecified atom stereocenters. The molecule has 0 fully saturated rings. The van der Waals surface area contributed by atoms with E-state index in [1.165, 1.54) is 16.9 Å². The van der Waals surface area contributed by atoms with Crippen molar-refractivity contribution in [1.82, 2.24) is 9.55 Å². The lowest BCUT2D eigenvalue weighted by atomic mass is 10.3. The van der Waals surface area contributed by atoms with Crippen LogP contribution in [-0.4, -0.2) is 21.3 Å². The molecule has 2 N–H and O–H groups in total. The minimum absolute atomic E-state index is 0.103. The molecule has 2 aromatic rings. The minimum atomic E-state index is -0.562. The van der Waals surface area contributed by atoms with Crippen molar-refractivity contribution in [2.75, 3.05) is 6.61 Å².